The minimum atomic E-state index is 0. The van der Waals surface area contributed by atoms with Crippen LogP contribution in [-0.2, 0) is 16.1 Å². The fourth-order valence-electron chi connectivity index (χ4n) is 2.22. The van der Waals surface area contributed by atoms with Crippen LogP contribution in [0.25, 0.3) is 0 Å². The first-order valence-corrected chi connectivity index (χ1v) is 6.89. The topological polar surface area (TPSA) is 50.4 Å². The summed E-state index contributed by atoms with van der Waals surface area (Å²) in [5, 5.41) is 6.06. The van der Waals surface area contributed by atoms with Gasteiger partial charge in [-0.1, -0.05) is 24.3 Å². The molecule has 1 fully saturated rings. The Morgan fingerprint density at radius 2 is 2.20 bits per heavy atom. The van der Waals surface area contributed by atoms with Gasteiger partial charge in [-0.05, 0) is 30.9 Å². The monoisotopic (exact) mass is 298 g/mol. The Labute approximate surface area is 126 Å². The Balaban J connectivity index is 0.00000200. The molecule has 0 saturated carbocycles. The van der Waals surface area contributed by atoms with E-state index < -0.39 is 0 Å². The van der Waals surface area contributed by atoms with E-state index in [9.17, 15) is 4.79 Å². The second kappa shape index (κ2) is 8.95. The third kappa shape index (κ3) is 5.49. The molecule has 5 heteroatoms. The molecule has 1 heterocycles. The van der Waals surface area contributed by atoms with Gasteiger partial charge in [-0.3, -0.25) is 4.79 Å². The summed E-state index contributed by atoms with van der Waals surface area (Å²) < 4.78 is 5.49. The van der Waals surface area contributed by atoms with Crippen molar-refractivity contribution in [3.05, 3.63) is 35.4 Å². The lowest BCUT2D eigenvalue weighted by Crippen LogP contribution is -2.37. The van der Waals surface area contributed by atoms with Crippen LogP contribution in [0.15, 0.2) is 24.3 Å². The Bertz CT molecular complexity index is 420. The van der Waals surface area contributed by atoms with Crippen LogP contribution in [0.4, 0.5) is 0 Å². The molecule has 1 aromatic carbocycles. The maximum absolute atomic E-state index is 11.7. The van der Waals surface area contributed by atoms with Gasteiger partial charge in [0.05, 0.1) is 12.6 Å². The van der Waals surface area contributed by atoms with Crippen molar-refractivity contribution < 1.29 is 9.53 Å². The van der Waals surface area contributed by atoms with Crippen LogP contribution in [0.1, 0.15) is 24.0 Å². The minimum Gasteiger partial charge on any atom is -0.377 e. The van der Waals surface area contributed by atoms with Crippen molar-refractivity contribution in [1.29, 1.82) is 0 Å². The first-order valence-electron chi connectivity index (χ1n) is 6.89. The smallest absolute Gasteiger partial charge is 0.234 e. The van der Waals surface area contributed by atoms with Crippen LogP contribution in [0, 0.1) is 6.92 Å². The fourth-order valence-corrected chi connectivity index (χ4v) is 2.22. The second-order valence-corrected chi connectivity index (χ2v) is 4.97. The Kier molecular flexibility index (Phi) is 7.59. The van der Waals surface area contributed by atoms with Crippen molar-refractivity contribution in [2.24, 2.45) is 0 Å². The number of rotatable bonds is 6. The van der Waals surface area contributed by atoms with Crippen molar-refractivity contribution in [1.82, 2.24) is 10.6 Å². The van der Waals surface area contributed by atoms with Crippen molar-refractivity contribution in [2.45, 2.75) is 32.4 Å². The van der Waals surface area contributed by atoms with Gasteiger partial charge >= 0.3 is 0 Å². The minimum absolute atomic E-state index is 0. The number of carbonyl (C=O) groups is 1. The summed E-state index contributed by atoms with van der Waals surface area (Å²) in [7, 11) is 0. The Hall–Kier alpha value is -1.10. The lowest BCUT2D eigenvalue weighted by Gasteiger charge is -2.11. The molecule has 1 saturated heterocycles. The molecule has 20 heavy (non-hydrogen) atoms. The number of amides is 1. The van der Waals surface area contributed by atoms with Gasteiger partial charge in [-0.25, -0.2) is 0 Å². The predicted molar refractivity (Wildman–Crippen MR) is 82.1 cm³/mol. The van der Waals surface area contributed by atoms with Crippen LogP contribution < -0.4 is 10.6 Å². The lowest BCUT2D eigenvalue weighted by atomic mass is 10.1. The fraction of sp³-hybridized carbons (Fsp3) is 0.533. The Morgan fingerprint density at radius 3 is 2.90 bits per heavy atom. The van der Waals surface area contributed by atoms with Crippen molar-refractivity contribution in [3.8, 4) is 0 Å². The van der Waals surface area contributed by atoms with E-state index >= 15 is 0 Å². The molecule has 1 unspecified atom stereocenters. The highest BCUT2D eigenvalue weighted by molar-refractivity contribution is 5.85. The number of carbonyl (C=O) groups excluding carboxylic acids is 1. The van der Waals surface area contributed by atoms with Crippen LogP contribution in [0.5, 0.6) is 0 Å². The summed E-state index contributed by atoms with van der Waals surface area (Å²) >= 11 is 0. The summed E-state index contributed by atoms with van der Waals surface area (Å²) in [6, 6.07) is 8.08. The molecule has 112 valence electrons. The first-order chi connectivity index (χ1) is 9.25. The zero-order valence-electron chi connectivity index (χ0n) is 11.9. The zero-order valence-corrected chi connectivity index (χ0v) is 12.7. The van der Waals surface area contributed by atoms with E-state index in [1.807, 2.05) is 18.2 Å². The summed E-state index contributed by atoms with van der Waals surface area (Å²) in [4.78, 5) is 11.7. The number of hydrogen-bond donors (Lipinski definition) is 2. The molecule has 0 bridgehead atoms. The van der Waals surface area contributed by atoms with E-state index in [0.29, 0.717) is 13.1 Å². The molecule has 4 nitrogen and oxygen atoms in total. The number of ether oxygens (including phenoxy) is 1. The molecule has 2 rings (SSSR count). The second-order valence-electron chi connectivity index (χ2n) is 4.97. The average molecular weight is 299 g/mol. The molecule has 0 aromatic heterocycles. The number of nitrogens with one attached hydrogen (secondary N) is 2. The molecule has 1 aliphatic rings. The quantitative estimate of drug-likeness (QED) is 0.842. The molecule has 1 atom stereocenters. The highest BCUT2D eigenvalue weighted by Gasteiger charge is 2.14. The largest absolute Gasteiger partial charge is 0.377 e. The average Bonchev–Trinajstić information content (AvgIpc) is 2.91. The van der Waals surface area contributed by atoms with E-state index in [1.165, 1.54) is 5.56 Å². The van der Waals surface area contributed by atoms with Gasteiger partial charge in [0, 0.05) is 19.7 Å². The van der Waals surface area contributed by atoms with E-state index in [-0.39, 0.29) is 24.4 Å². The zero-order chi connectivity index (χ0) is 13.5. The normalized spacial score (nSPS) is 17.6. The van der Waals surface area contributed by atoms with Crippen LogP contribution in [-0.4, -0.2) is 31.7 Å². The standard InChI is InChI=1S/C15H22N2O2.ClH/c1-12-5-2-3-6-13(12)9-17-15(18)11-16-10-14-7-4-8-19-14;/h2-3,5-6,14,16H,4,7-11H2,1H3,(H,17,18);1H. The molecular weight excluding hydrogens is 276 g/mol. The molecule has 1 aliphatic heterocycles. The van der Waals surface area contributed by atoms with Gasteiger partial charge < -0.3 is 15.4 Å². The highest BCUT2D eigenvalue weighted by atomic mass is 35.5. The van der Waals surface area contributed by atoms with Crippen molar-refractivity contribution in [3.63, 3.8) is 0 Å². The van der Waals surface area contributed by atoms with E-state index in [4.69, 9.17) is 4.74 Å². The maximum atomic E-state index is 11.7. The number of benzene rings is 1. The molecule has 0 radical (unpaired) electrons. The third-order valence-electron chi connectivity index (χ3n) is 3.42. The summed E-state index contributed by atoms with van der Waals surface area (Å²) in [6.45, 7) is 4.61. The Morgan fingerprint density at radius 1 is 1.40 bits per heavy atom. The maximum Gasteiger partial charge on any atom is 0.234 e. The van der Waals surface area contributed by atoms with Gasteiger partial charge in [-0.2, -0.15) is 0 Å². The molecule has 0 aliphatic carbocycles. The van der Waals surface area contributed by atoms with Crippen molar-refractivity contribution in [2.75, 3.05) is 19.7 Å². The molecule has 0 spiro atoms. The first kappa shape index (κ1) is 17.0. The molecule has 1 amide bonds. The van der Waals surface area contributed by atoms with Crippen LogP contribution in [0.3, 0.4) is 0 Å². The van der Waals surface area contributed by atoms with Gasteiger partial charge in [-0.15, -0.1) is 12.4 Å². The van der Waals surface area contributed by atoms with E-state index in [1.54, 1.807) is 0 Å². The third-order valence-corrected chi connectivity index (χ3v) is 3.42. The number of halogens is 1. The summed E-state index contributed by atoms with van der Waals surface area (Å²) in [5.41, 5.74) is 2.37. The summed E-state index contributed by atoms with van der Waals surface area (Å²) in [6.07, 6.45) is 2.51. The van der Waals surface area contributed by atoms with E-state index in [2.05, 4.69) is 23.6 Å². The van der Waals surface area contributed by atoms with Crippen LogP contribution in [0.2, 0.25) is 0 Å². The van der Waals surface area contributed by atoms with Gasteiger partial charge in [0.1, 0.15) is 0 Å². The SMILES string of the molecule is Cc1ccccc1CNC(=O)CNCC1CCCO1.Cl. The van der Waals surface area contributed by atoms with E-state index in [0.717, 1.165) is 31.6 Å². The highest BCUT2D eigenvalue weighted by Crippen LogP contribution is 2.10. The lowest BCUT2D eigenvalue weighted by molar-refractivity contribution is -0.120. The van der Waals surface area contributed by atoms with Crippen molar-refractivity contribution >= 4 is 18.3 Å². The van der Waals surface area contributed by atoms with Gasteiger partial charge in [0.25, 0.3) is 0 Å². The van der Waals surface area contributed by atoms with Gasteiger partial charge in [0.15, 0.2) is 0 Å². The van der Waals surface area contributed by atoms with Crippen LogP contribution >= 0.6 is 12.4 Å². The molecule has 2 N–H and O–H groups in total. The number of aryl methyl sites for hydroxylation is 1. The molecule has 1 aromatic rings. The summed E-state index contributed by atoms with van der Waals surface area (Å²) in [5.74, 6) is 0.0289. The number of hydrogen-bond acceptors (Lipinski definition) is 3. The predicted octanol–water partition coefficient (Wildman–Crippen LogP) is 1.80. The van der Waals surface area contributed by atoms with Gasteiger partial charge in [0.2, 0.25) is 5.91 Å². The molecular formula is C15H23ClN2O2.